The summed E-state index contributed by atoms with van der Waals surface area (Å²) in [7, 11) is 0. The van der Waals surface area contributed by atoms with E-state index in [0.29, 0.717) is 5.92 Å². The first-order chi connectivity index (χ1) is 15.5. The van der Waals surface area contributed by atoms with Gasteiger partial charge < -0.3 is 19.8 Å². The molecule has 2 heterocycles. The molecule has 0 unspecified atom stereocenters. The molecule has 0 amide bonds. The van der Waals surface area contributed by atoms with Gasteiger partial charge in [0.05, 0.1) is 17.4 Å². The first kappa shape index (κ1) is 21.2. The number of hydrogen-bond acceptors (Lipinski definition) is 3. The smallest absolute Gasteiger partial charge is 0.416 e. The molecule has 7 heteroatoms. The van der Waals surface area contributed by atoms with Gasteiger partial charge in [0.15, 0.2) is 0 Å². The zero-order valence-electron chi connectivity index (χ0n) is 17.8. The molecule has 4 nitrogen and oxygen atoms in total. The Bertz CT molecular complexity index is 1050. The molecule has 3 aromatic rings. The molecule has 1 aliphatic carbocycles. The van der Waals surface area contributed by atoms with E-state index in [1.807, 2.05) is 18.3 Å². The number of rotatable bonds is 6. The second-order valence-corrected chi connectivity index (χ2v) is 8.87. The van der Waals surface area contributed by atoms with Crippen LogP contribution in [0, 0.1) is 5.92 Å². The van der Waals surface area contributed by atoms with E-state index in [1.165, 1.54) is 0 Å². The topological polar surface area (TPSA) is 46.3 Å². The van der Waals surface area contributed by atoms with E-state index in [-0.39, 0.29) is 12.0 Å². The second-order valence-electron chi connectivity index (χ2n) is 8.87. The zero-order valence-corrected chi connectivity index (χ0v) is 17.8. The predicted molar refractivity (Wildman–Crippen MR) is 118 cm³/mol. The number of hydrogen-bond donors (Lipinski definition) is 2. The molecule has 2 aromatic carbocycles. The summed E-state index contributed by atoms with van der Waals surface area (Å²) >= 11 is 0. The molecular formula is C25H27F3N2O2. The predicted octanol–water partition coefficient (Wildman–Crippen LogP) is 6.35. The highest BCUT2D eigenvalue weighted by Crippen LogP contribution is 2.41. The van der Waals surface area contributed by atoms with Crippen molar-refractivity contribution in [1.29, 1.82) is 0 Å². The normalized spacial score (nSPS) is 22.0. The van der Waals surface area contributed by atoms with Crippen LogP contribution in [0.3, 0.4) is 0 Å². The van der Waals surface area contributed by atoms with E-state index in [2.05, 4.69) is 16.4 Å². The summed E-state index contributed by atoms with van der Waals surface area (Å²) in [5.41, 5.74) is 2.48. The molecule has 0 spiro atoms. The van der Waals surface area contributed by atoms with Crippen molar-refractivity contribution in [3.05, 3.63) is 59.8 Å². The van der Waals surface area contributed by atoms with Crippen LogP contribution < -0.4 is 10.1 Å². The minimum Gasteiger partial charge on any atom is -0.490 e. The largest absolute Gasteiger partial charge is 0.490 e. The second kappa shape index (κ2) is 8.70. The molecule has 1 saturated carbocycles. The molecule has 170 valence electrons. The van der Waals surface area contributed by atoms with Gasteiger partial charge >= 0.3 is 6.18 Å². The summed E-state index contributed by atoms with van der Waals surface area (Å²) < 4.78 is 49.8. The first-order valence-electron chi connectivity index (χ1n) is 11.2. The van der Waals surface area contributed by atoms with Crippen molar-refractivity contribution in [1.82, 2.24) is 4.98 Å². The monoisotopic (exact) mass is 444 g/mol. The Labute approximate surface area is 185 Å². The van der Waals surface area contributed by atoms with Gasteiger partial charge in [-0.2, -0.15) is 13.2 Å². The first-order valence-corrected chi connectivity index (χ1v) is 11.2. The van der Waals surface area contributed by atoms with Crippen LogP contribution in [-0.2, 0) is 10.9 Å². The number of fused-ring (bicyclic) bond motifs is 1. The van der Waals surface area contributed by atoms with Gasteiger partial charge in [0, 0.05) is 36.9 Å². The number of halogens is 3. The van der Waals surface area contributed by atoms with Crippen molar-refractivity contribution >= 4 is 16.6 Å². The molecule has 32 heavy (non-hydrogen) atoms. The Hall–Kier alpha value is -2.67. The van der Waals surface area contributed by atoms with Crippen molar-refractivity contribution in [2.24, 2.45) is 5.92 Å². The quantitative estimate of drug-likeness (QED) is 0.466. The number of anilines is 1. The van der Waals surface area contributed by atoms with E-state index in [4.69, 9.17) is 9.47 Å². The van der Waals surface area contributed by atoms with E-state index in [1.54, 1.807) is 12.1 Å². The van der Waals surface area contributed by atoms with Gasteiger partial charge in [0.25, 0.3) is 0 Å². The standard InChI is InChI=1S/C25H27F3N2O2/c26-25(27,28)19-3-1-17(2-4-19)18-11-21(12-18)32-20-5-6-23-22(13-20)24(15-30-23)29-14-16-7-9-31-10-8-16/h1-6,13,15-16,18,21,29-30H,7-12,14H2. The lowest BCUT2D eigenvalue weighted by Gasteiger charge is -2.35. The Morgan fingerprint density at radius 1 is 1.03 bits per heavy atom. The van der Waals surface area contributed by atoms with Crippen molar-refractivity contribution in [3.63, 3.8) is 0 Å². The lowest BCUT2D eigenvalue weighted by molar-refractivity contribution is -0.137. The maximum Gasteiger partial charge on any atom is 0.416 e. The van der Waals surface area contributed by atoms with Crippen LogP contribution in [0.25, 0.3) is 10.9 Å². The summed E-state index contributed by atoms with van der Waals surface area (Å²) in [6.07, 6.45) is 1.59. The average Bonchev–Trinajstić information content (AvgIpc) is 3.17. The minimum absolute atomic E-state index is 0.0809. The number of aromatic amines is 1. The highest BCUT2D eigenvalue weighted by molar-refractivity contribution is 5.93. The van der Waals surface area contributed by atoms with Crippen molar-refractivity contribution in [3.8, 4) is 5.75 Å². The molecule has 2 N–H and O–H groups in total. The summed E-state index contributed by atoms with van der Waals surface area (Å²) in [5.74, 6) is 1.70. The molecule has 5 rings (SSSR count). The lowest BCUT2D eigenvalue weighted by atomic mass is 9.77. The van der Waals surface area contributed by atoms with Crippen molar-refractivity contribution in [2.45, 2.75) is 43.9 Å². The van der Waals surface area contributed by atoms with Crippen LogP contribution in [0.4, 0.5) is 18.9 Å². The van der Waals surface area contributed by atoms with Crippen LogP contribution in [0.2, 0.25) is 0 Å². The fourth-order valence-electron chi connectivity index (χ4n) is 4.59. The molecule has 1 aliphatic heterocycles. The number of H-pyrrole nitrogens is 1. The molecule has 2 fully saturated rings. The summed E-state index contributed by atoms with van der Waals surface area (Å²) in [6, 6.07) is 11.6. The van der Waals surface area contributed by atoms with E-state index in [9.17, 15) is 13.2 Å². The average molecular weight is 444 g/mol. The molecule has 0 radical (unpaired) electrons. The van der Waals surface area contributed by atoms with E-state index in [0.717, 1.165) is 85.5 Å². The Kier molecular flexibility index (Phi) is 5.76. The van der Waals surface area contributed by atoms with Gasteiger partial charge in [-0.15, -0.1) is 0 Å². The third-order valence-electron chi connectivity index (χ3n) is 6.68. The summed E-state index contributed by atoms with van der Waals surface area (Å²) in [5, 5.41) is 4.67. The Morgan fingerprint density at radius 2 is 1.78 bits per heavy atom. The fourth-order valence-corrected chi connectivity index (χ4v) is 4.59. The molecule has 2 aliphatic rings. The number of benzene rings is 2. The fraction of sp³-hybridized carbons (Fsp3) is 0.440. The number of ether oxygens (including phenoxy) is 2. The van der Waals surface area contributed by atoms with Crippen molar-refractivity contribution in [2.75, 3.05) is 25.1 Å². The number of aromatic nitrogens is 1. The van der Waals surface area contributed by atoms with Gasteiger partial charge in [-0.05, 0) is 73.4 Å². The minimum atomic E-state index is -4.29. The maximum atomic E-state index is 12.7. The summed E-state index contributed by atoms with van der Waals surface area (Å²) in [4.78, 5) is 3.31. The zero-order chi connectivity index (χ0) is 22.1. The maximum absolute atomic E-state index is 12.7. The molecular weight excluding hydrogens is 417 g/mol. The van der Waals surface area contributed by atoms with E-state index < -0.39 is 11.7 Å². The van der Waals surface area contributed by atoms with Crippen LogP contribution in [-0.4, -0.2) is 30.8 Å². The highest BCUT2D eigenvalue weighted by atomic mass is 19.4. The Balaban J connectivity index is 1.18. The number of alkyl halides is 3. The van der Waals surface area contributed by atoms with Gasteiger partial charge in [0.2, 0.25) is 0 Å². The van der Waals surface area contributed by atoms with Gasteiger partial charge in [-0.25, -0.2) is 0 Å². The van der Waals surface area contributed by atoms with Crippen LogP contribution in [0.15, 0.2) is 48.7 Å². The number of nitrogens with one attached hydrogen (secondary N) is 2. The van der Waals surface area contributed by atoms with Crippen LogP contribution in [0.5, 0.6) is 5.75 Å². The molecule has 0 atom stereocenters. The van der Waals surface area contributed by atoms with Crippen LogP contribution >= 0.6 is 0 Å². The SMILES string of the molecule is FC(F)(F)c1ccc(C2CC(Oc3ccc4[nH]cc(NCC5CCOCC5)c4c3)C2)cc1. The van der Waals surface area contributed by atoms with Crippen LogP contribution in [0.1, 0.15) is 42.7 Å². The van der Waals surface area contributed by atoms with Gasteiger partial charge in [0.1, 0.15) is 5.75 Å². The third kappa shape index (κ3) is 4.58. The molecule has 1 saturated heterocycles. The molecule has 0 bridgehead atoms. The third-order valence-corrected chi connectivity index (χ3v) is 6.68. The van der Waals surface area contributed by atoms with E-state index >= 15 is 0 Å². The van der Waals surface area contributed by atoms with Gasteiger partial charge in [-0.3, -0.25) is 0 Å². The highest BCUT2D eigenvalue weighted by Gasteiger charge is 2.34. The lowest BCUT2D eigenvalue weighted by Crippen LogP contribution is -2.32. The molecule has 1 aromatic heterocycles. The van der Waals surface area contributed by atoms with Crippen molar-refractivity contribution < 1.29 is 22.6 Å². The van der Waals surface area contributed by atoms with Gasteiger partial charge in [-0.1, -0.05) is 12.1 Å². The summed E-state index contributed by atoms with van der Waals surface area (Å²) in [6.45, 7) is 2.61. The Morgan fingerprint density at radius 3 is 2.50 bits per heavy atom.